The smallest absolute Gasteiger partial charge is 0.152 e. The van der Waals surface area contributed by atoms with Crippen LogP contribution in [0.4, 0.5) is 5.69 Å². The third-order valence-corrected chi connectivity index (χ3v) is 6.15. The number of fused-ring (bicyclic) bond motifs is 5. The molecule has 0 amide bonds. The van der Waals surface area contributed by atoms with Crippen molar-refractivity contribution in [3.05, 3.63) is 105 Å². The number of ether oxygens (including phenoxy) is 1. The van der Waals surface area contributed by atoms with E-state index in [2.05, 4.69) is 47.5 Å². The summed E-state index contributed by atoms with van der Waals surface area (Å²) in [6, 6.07) is 20.8. The minimum atomic E-state index is 0.803. The second kappa shape index (κ2) is 8.33. The predicted octanol–water partition coefficient (Wildman–Crippen LogP) is 5.29. The van der Waals surface area contributed by atoms with E-state index >= 15 is 0 Å². The maximum Gasteiger partial charge on any atom is 0.152 e. The highest BCUT2D eigenvalue weighted by Gasteiger charge is 2.14. The standard InChI is InChI=1S/C18H15Cl.C9H7NO/c19-18-7-3-6-14-16-9-8-12-4-1-2-5-13(12)15(16)10-11-17(14)18;1-2-5-9-8(4-1)10-6-3-7-11-9/h1-2,4-5,8,10-11H,3,6-7,9H2;1-7H. The lowest BCUT2D eigenvalue weighted by Crippen LogP contribution is -2.21. The number of hydrogen-bond donors (Lipinski definition) is 0. The fraction of sp³-hybridized carbons (Fsp3) is 0.148. The number of allylic oxidation sites excluding steroid dienone is 1. The summed E-state index contributed by atoms with van der Waals surface area (Å²) < 4.78 is 5.24. The fourth-order valence-electron chi connectivity index (χ4n) is 4.34. The highest BCUT2D eigenvalue weighted by molar-refractivity contribution is 6.45. The number of rotatable bonds is 0. The van der Waals surface area contributed by atoms with Crippen molar-refractivity contribution in [2.45, 2.75) is 25.7 Å². The molecule has 0 spiro atoms. The van der Waals surface area contributed by atoms with Gasteiger partial charge in [-0.25, -0.2) is 0 Å². The number of nitrogens with zero attached hydrogens (tertiary/aromatic N) is 1. The molecule has 148 valence electrons. The van der Waals surface area contributed by atoms with Crippen LogP contribution < -0.4 is 15.2 Å². The number of aliphatic imine (C=N–C) groups is 1. The van der Waals surface area contributed by atoms with Gasteiger partial charge in [-0.05, 0) is 75.9 Å². The molecule has 0 saturated heterocycles. The molecule has 0 fully saturated rings. The largest absolute Gasteiger partial charge is 0.463 e. The molecule has 3 heteroatoms. The topological polar surface area (TPSA) is 21.6 Å². The minimum absolute atomic E-state index is 0.803. The highest BCUT2D eigenvalue weighted by Crippen LogP contribution is 2.27. The summed E-state index contributed by atoms with van der Waals surface area (Å²) in [6.07, 6.45) is 11.9. The number of benzene rings is 3. The lowest BCUT2D eigenvalue weighted by atomic mass is 9.89. The second-order valence-electron chi connectivity index (χ2n) is 7.56. The van der Waals surface area contributed by atoms with Crippen molar-refractivity contribution in [1.82, 2.24) is 0 Å². The molecule has 0 aromatic heterocycles. The van der Waals surface area contributed by atoms with Crippen LogP contribution in [-0.4, -0.2) is 6.21 Å². The quantitative estimate of drug-likeness (QED) is 0.492. The van der Waals surface area contributed by atoms with Gasteiger partial charge in [0.2, 0.25) is 0 Å². The van der Waals surface area contributed by atoms with Crippen molar-refractivity contribution in [3.63, 3.8) is 0 Å². The molecule has 2 nitrogen and oxygen atoms in total. The van der Waals surface area contributed by atoms with Gasteiger partial charge in [0.1, 0.15) is 5.69 Å². The molecular weight excluding hydrogens is 390 g/mol. The summed E-state index contributed by atoms with van der Waals surface area (Å²) in [4.78, 5) is 4.15. The third kappa shape index (κ3) is 3.59. The van der Waals surface area contributed by atoms with Gasteiger partial charge in [0.05, 0.1) is 6.26 Å². The van der Waals surface area contributed by atoms with Crippen molar-refractivity contribution < 1.29 is 4.74 Å². The average molecular weight is 412 g/mol. The van der Waals surface area contributed by atoms with Crippen molar-refractivity contribution >= 4 is 34.6 Å². The van der Waals surface area contributed by atoms with Crippen LogP contribution in [0.3, 0.4) is 0 Å². The van der Waals surface area contributed by atoms with Crippen molar-refractivity contribution in [1.29, 1.82) is 0 Å². The van der Waals surface area contributed by atoms with Crippen LogP contribution in [0.25, 0.3) is 11.1 Å². The van der Waals surface area contributed by atoms with E-state index in [9.17, 15) is 0 Å². The van der Waals surface area contributed by atoms with Crippen molar-refractivity contribution in [2.24, 2.45) is 4.99 Å². The summed E-state index contributed by atoms with van der Waals surface area (Å²) in [5.74, 6) is 0.803. The first-order valence-electron chi connectivity index (χ1n) is 10.4. The monoisotopic (exact) mass is 411 g/mol. The van der Waals surface area contributed by atoms with E-state index in [0.29, 0.717) is 0 Å². The number of hydrogen-bond acceptors (Lipinski definition) is 2. The average Bonchev–Trinajstić information content (AvgIpc) is 3.05. The van der Waals surface area contributed by atoms with E-state index in [1.54, 1.807) is 18.6 Å². The van der Waals surface area contributed by atoms with E-state index < -0.39 is 0 Å². The van der Waals surface area contributed by atoms with Gasteiger partial charge in [0.25, 0.3) is 0 Å². The molecule has 0 bridgehead atoms. The van der Waals surface area contributed by atoms with E-state index in [1.165, 1.54) is 44.8 Å². The summed E-state index contributed by atoms with van der Waals surface area (Å²) in [5.41, 5.74) is 3.85. The molecule has 0 N–H and O–H groups in total. The van der Waals surface area contributed by atoms with E-state index in [4.69, 9.17) is 16.3 Å². The van der Waals surface area contributed by atoms with Crippen LogP contribution >= 0.6 is 11.6 Å². The van der Waals surface area contributed by atoms with Crippen LogP contribution in [0.2, 0.25) is 0 Å². The Kier molecular flexibility index (Phi) is 5.25. The SMILES string of the molecule is C1=COc2ccccc2N=C1.ClC1=c2ccc3c(c2CCC1)CC=c1ccccc1=3. The normalized spacial score (nSPS) is 15.2. The molecule has 30 heavy (non-hydrogen) atoms. The first kappa shape index (κ1) is 18.9. The Balaban J connectivity index is 0.000000149. The zero-order valence-electron chi connectivity index (χ0n) is 16.6. The molecule has 3 aliphatic rings. The first-order chi connectivity index (χ1) is 14.8. The zero-order chi connectivity index (χ0) is 20.3. The summed E-state index contributed by atoms with van der Waals surface area (Å²) in [5, 5.41) is 6.47. The molecule has 2 aliphatic carbocycles. The first-order valence-corrected chi connectivity index (χ1v) is 10.7. The molecule has 0 atom stereocenters. The zero-order valence-corrected chi connectivity index (χ0v) is 17.4. The van der Waals surface area contributed by atoms with E-state index in [0.717, 1.165) is 29.3 Å². The third-order valence-electron chi connectivity index (χ3n) is 5.76. The molecule has 0 radical (unpaired) electrons. The second-order valence-corrected chi connectivity index (χ2v) is 8.02. The minimum Gasteiger partial charge on any atom is -0.463 e. The van der Waals surface area contributed by atoms with Crippen LogP contribution in [-0.2, 0) is 12.8 Å². The van der Waals surface area contributed by atoms with Crippen molar-refractivity contribution in [3.8, 4) is 5.75 Å². The lowest BCUT2D eigenvalue weighted by Gasteiger charge is -2.17. The molecule has 3 aromatic carbocycles. The Morgan fingerprint density at radius 3 is 2.60 bits per heavy atom. The summed E-state index contributed by atoms with van der Waals surface area (Å²) in [7, 11) is 0. The van der Waals surface area contributed by atoms with E-state index in [1.807, 2.05) is 24.3 Å². The summed E-state index contributed by atoms with van der Waals surface area (Å²) >= 11 is 6.40. The summed E-state index contributed by atoms with van der Waals surface area (Å²) in [6.45, 7) is 0. The number of halogens is 1. The van der Waals surface area contributed by atoms with Gasteiger partial charge < -0.3 is 4.74 Å². The maximum atomic E-state index is 6.40. The van der Waals surface area contributed by atoms with Gasteiger partial charge in [-0.2, -0.15) is 0 Å². The lowest BCUT2D eigenvalue weighted by molar-refractivity contribution is 0.485. The molecule has 3 aromatic rings. The Morgan fingerprint density at radius 1 is 0.800 bits per heavy atom. The highest BCUT2D eigenvalue weighted by atomic mass is 35.5. The van der Waals surface area contributed by atoms with Crippen molar-refractivity contribution in [2.75, 3.05) is 0 Å². The molecule has 6 rings (SSSR count). The molecule has 0 saturated carbocycles. The van der Waals surface area contributed by atoms with Gasteiger partial charge in [0.15, 0.2) is 5.75 Å². The van der Waals surface area contributed by atoms with Gasteiger partial charge in [-0.15, -0.1) is 0 Å². The molecular formula is C27H22ClNO. The van der Waals surface area contributed by atoms with E-state index in [-0.39, 0.29) is 0 Å². The fourth-order valence-corrected chi connectivity index (χ4v) is 4.65. The van der Waals surface area contributed by atoms with Crippen LogP contribution in [0, 0.1) is 10.4 Å². The Hall–Kier alpha value is -3.10. The molecule has 0 unspecified atom stereocenters. The Labute approximate surface area is 180 Å². The molecule has 1 heterocycles. The van der Waals surface area contributed by atoms with Gasteiger partial charge in [-0.1, -0.05) is 66.2 Å². The Morgan fingerprint density at radius 2 is 1.63 bits per heavy atom. The van der Waals surface area contributed by atoms with Gasteiger partial charge >= 0.3 is 0 Å². The number of para-hydroxylation sites is 2. The van der Waals surface area contributed by atoms with Gasteiger partial charge in [-0.3, -0.25) is 4.99 Å². The van der Waals surface area contributed by atoms with Crippen LogP contribution in [0.5, 0.6) is 5.75 Å². The van der Waals surface area contributed by atoms with Crippen LogP contribution in [0.15, 0.2) is 78.0 Å². The molecule has 1 aliphatic heterocycles. The maximum absolute atomic E-state index is 6.40. The predicted molar refractivity (Wildman–Crippen MR) is 125 cm³/mol. The van der Waals surface area contributed by atoms with Crippen LogP contribution in [0.1, 0.15) is 24.0 Å². The van der Waals surface area contributed by atoms with Gasteiger partial charge in [0, 0.05) is 11.2 Å². The Bertz CT molecular complexity index is 1390.